The van der Waals surface area contributed by atoms with Crippen molar-refractivity contribution in [3.63, 3.8) is 0 Å². The summed E-state index contributed by atoms with van der Waals surface area (Å²) in [5, 5.41) is 18.4. The van der Waals surface area contributed by atoms with E-state index in [0.717, 1.165) is 18.9 Å². The molecule has 0 saturated carbocycles. The Labute approximate surface area is 126 Å². The molecule has 0 aliphatic carbocycles. The Bertz CT molecular complexity index is 497. The molecule has 0 bridgehead atoms. The van der Waals surface area contributed by atoms with Gasteiger partial charge in [-0.25, -0.2) is 0 Å². The molecule has 0 heterocycles. The molecule has 5 nitrogen and oxygen atoms in total. The number of halogens is 3. The van der Waals surface area contributed by atoms with Crippen molar-refractivity contribution in [1.29, 1.82) is 5.26 Å². The number of unbranched alkanes of at least 4 members (excludes halogenated alkanes) is 1. The van der Waals surface area contributed by atoms with E-state index < -0.39 is 18.0 Å². The summed E-state index contributed by atoms with van der Waals surface area (Å²) < 4.78 is 39.8. The molecule has 0 radical (unpaired) electrons. The number of nitriles is 1. The van der Waals surface area contributed by atoms with Crippen LogP contribution in [-0.4, -0.2) is 30.5 Å². The molecule has 0 fully saturated rings. The summed E-state index contributed by atoms with van der Waals surface area (Å²) in [5.41, 5.74) is -0.278. The minimum atomic E-state index is -4.87. The number of amides is 1. The second-order valence-corrected chi connectivity index (χ2v) is 3.96. The zero-order chi connectivity index (χ0) is 17.0. The molecule has 2 N–H and O–H groups in total. The normalized spacial score (nSPS) is 10.0. The zero-order valence-corrected chi connectivity index (χ0v) is 12.0. The first kappa shape index (κ1) is 19.7. The van der Waals surface area contributed by atoms with Crippen molar-refractivity contribution < 1.29 is 27.8 Å². The van der Waals surface area contributed by atoms with Crippen LogP contribution < -0.4 is 10.1 Å². The zero-order valence-electron chi connectivity index (χ0n) is 12.0. The van der Waals surface area contributed by atoms with E-state index in [1.807, 2.05) is 0 Å². The molecule has 0 aromatic heterocycles. The Hall–Kier alpha value is -2.27. The number of aliphatic hydroxyl groups excluding tert-OH is 1. The van der Waals surface area contributed by atoms with Crippen molar-refractivity contribution in [2.24, 2.45) is 0 Å². The maximum Gasteiger partial charge on any atom is 0.573 e. The molecule has 0 unspecified atom stereocenters. The largest absolute Gasteiger partial charge is 0.573 e. The molecule has 22 heavy (non-hydrogen) atoms. The topological polar surface area (TPSA) is 82.4 Å². The third kappa shape index (κ3) is 8.81. The van der Waals surface area contributed by atoms with E-state index in [9.17, 15) is 18.0 Å². The molecule has 1 rings (SSSR count). The van der Waals surface area contributed by atoms with Crippen LogP contribution in [0.5, 0.6) is 5.75 Å². The maximum absolute atomic E-state index is 12.0. The van der Waals surface area contributed by atoms with Crippen molar-refractivity contribution in [2.75, 3.05) is 13.2 Å². The lowest BCUT2D eigenvalue weighted by Crippen LogP contribution is -2.26. The maximum atomic E-state index is 12.0. The number of para-hydroxylation sites is 1. The van der Waals surface area contributed by atoms with E-state index in [2.05, 4.69) is 17.0 Å². The third-order valence-electron chi connectivity index (χ3n) is 2.20. The summed E-state index contributed by atoms with van der Waals surface area (Å²) in [6.45, 7) is 2.10. The van der Waals surface area contributed by atoms with Gasteiger partial charge in [-0.15, -0.1) is 13.2 Å². The highest BCUT2D eigenvalue weighted by molar-refractivity contribution is 5.97. The van der Waals surface area contributed by atoms with Gasteiger partial charge in [-0.1, -0.05) is 25.5 Å². The highest BCUT2D eigenvalue weighted by Gasteiger charge is 2.32. The van der Waals surface area contributed by atoms with Crippen molar-refractivity contribution >= 4 is 5.91 Å². The Morgan fingerprint density at radius 1 is 1.41 bits per heavy atom. The Morgan fingerprint density at radius 3 is 2.50 bits per heavy atom. The summed E-state index contributed by atoms with van der Waals surface area (Å²) in [4.78, 5) is 11.4. The number of nitrogens with zero attached hydrogens (tertiary/aromatic N) is 1. The number of alkyl halides is 3. The summed E-state index contributed by atoms with van der Waals surface area (Å²) in [7, 11) is 0. The number of hydrogen-bond acceptors (Lipinski definition) is 4. The summed E-state index contributed by atoms with van der Waals surface area (Å²) in [6, 6.07) is 6.54. The van der Waals surface area contributed by atoms with E-state index in [4.69, 9.17) is 10.4 Å². The number of aliphatic hydroxyl groups is 1. The van der Waals surface area contributed by atoms with E-state index in [0.29, 0.717) is 6.61 Å². The molecule has 8 heteroatoms. The number of carbonyl (C=O) groups excluding carboxylic acids is 1. The van der Waals surface area contributed by atoms with Crippen molar-refractivity contribution in [3.05, 3.63) is 29.8 Å². The van der Waals surface area contributed by atoms with Gasteiger partial charge in [0.25, 0.3) is 5.91 Å². The first-order valence-electron chi connectivity index (χ1n) is 6.46. The fourth-order valence-corrected chi connectivity index (χ4v) is 1.24. The molecule has 0 spiro atoms. The smallest absolute Gasteiger partial charge is 0.405 e. The van der Waals surface area contributed by atoms with Crippen LogP contribution in [0.1, 0.15) is 30.1 Å². The molecule has 1 amide bonds. The fourth-order valence-electron chi connectivity index (χ4n) is 1.24. The van der Waals surface area contributed by atoms with Crippen LogP contribution in [-0.2, 0) is 0 Å². The van der Waals surface area contributed by atoms with Crippen LogP contribution in [0.2, 0.25) is 0 Å². The van der Waals surface area contributed by atoms with Crippen molar-refractivity contribution in [1.82, 2.24) is 5.32 Å². The summed E-state index contributed by atoms with van der Waals surface area (Å²) >= 11 is 0. The van der Waals surface area contributed by atoms with Gasteiger partial charge in [0.05, 0.1) is 11.6 Å². The molecular weight excluding hydrogens is 301 g/mol. The minimum Gasteiger partial charge on any atom is -0.405 e. The molecule has 0 atom stereocenters. The monoisotopic (exact) mass is 318 g/mol. The number of rotatable bonds is 5. The molecular formula is C14H17F3N2O3. The van der Waals surface area contributed by atoms with Gasteiger partial charge in [-0.05, 0) is 18.6 Å². The highest BCUT2D eigenvalue weighted by Crippen LogP contribution is 2.25. The lowest BCUT2D eigenvalue weighted by molar-refractivity contribution is -0.274. The summed E-state index contributed by atoms with van der Waals surface area (Å²) in [5.74, 6) is -1.40. The average molecular weight is 318 g/mol. The predicted molar refractivity (Wildman–Crippen MR) is 73.1 cm³/mol. The average Bonchev–Trinajstić information content (AvgIpc) is 2.45. The SMILES string of the molecule is CCCCO.N#CCNC(=O)c1ccccc1OC(F)(F)F. The number of hydrogen-bond donors (Lipinski definition) is 2. The van der Waals surface area contributed by atoms with Gasteiger partial charge in [0.15, 0.2) is 0 Å². The third-order valence-corrected chi connectivity index (χ3v) is 2.20. The van der Waals surface area contributed by atoms with E-state index in [-0.39, 0.29) is 12.1 Å². The molecule has 122 valence electrons. The Morgan fingerprint density at radius 2 is 2.05 bits per heavy atom. The first-order valence-corrected chi connectivity index (χ1v) is 6.46. The van der Waals surface area contributed by atoms with Gasteiger partial charge < -0.3 is 15.2 Å². The number of ether oxygens (including phenoxy) is 1. The Balaban J connectivity index is 0.000000763. The van der Waals surface area contributed by atoms with Crippen LogP contribution in [0.15, 0.2) is 24.3 Å². The van der Waals surface area contributed by atoms with Gasteiger partial charge in [0, 0.05) is 6.61 Å². The number of benzene rings is 1. The van der Waals surface area contributed by atoms with Gasteiger partial charge in [-0.2, -0.15) is 5.26 Å². The Kier molecular flexibility index (Phi) is 9.38. The van der Waals surface area contributed by atoms with Crippen molar-refractivity contribution in [2.45, 2.75) is 26.1 Å². The van der Waals surface area contributed by atoms with Gasteiger partial charge in [-0.3, -0.25) is 4.79 Å². The second kappa shape index (κ2) is 10.5. The molecule has 0 aliphatic rings. The quantitative estimate of drug-likeness (QED) is 0.818. The lowest BCUT2D eigenvalue weighted by atomic mass is 10.2. The predicted octanol–water partition coefficient (Wildman–Crippen LogP) is 2.62. The van der Waals surface area contributed by atoms with Crippen LogP contribution in [0.3, 0.4) is 0 Å². The van der Waals surface area contributed by atoms with Crippen LogP contribution in [0.4, 0.5) is 13.2 Å². The molecule has 0 aliphatic heterocycles. The van der Waals surface area contributed by atoms with E-state index in [1.165, 1.54) is 18.2 Å². The van der Waals surface area contributed by atoms with Crippen LogP contribution in [0.25, 0.3) is 0 Å². The van der Waals surface area contributed by atoms with E-state index >= 15 is 0 Å². The number of nitrogens with one attached hydrogen (secondary N) is 1. The first-order chi connectivity index (χ1) is 10.4. The fraction of sp³-hybridized carbons (Fsp3) is 0.429. The number of carbonyl (C=O) groups is 1. The van der Waals surface area contributed by atoms with Crippen molar-refractivity contribution in [3.8, 4) is 11.8 Å². The minimum absolute atomic E-state index is 0.278. The molecule has 1 aromatic rings. The van der Waals surface area contributed by atoms with Gasteiger partial charge >= 0.3 is 6.36 Å². The second-order valence-electron chi connectivity index (χ2n) is 3.96. The lowest BCUT2D eigenvalue weighted by Gasteiger charge is -2.12. The molecule has 1 aromatic carbocycles. The van der Waals surface area contributed by atoms with E-state index in [1.54, 1.807) is 6.07 Å². The standard InChI is InChI=1S/C10H7F3N2O2.C4H10O/c11-10(12,13)17-8-4-2-1-3-7(8)9(16)15-6-5-14;1-2-3-4-5/h1-4H,6H2,(H,15,16);5H,2-4H2,1H3. The van der Waals surface area contributed by atoms with Crippen LogP contribution >= 0.6 is 0 Å². The van der Waals surface area contributed by atoms with Crippen LogP contribution in [0, 0.1) is 11.3 Å². The van der Waals surface area contributed by atoms with Gasteiger partial charge in [0.2, 0.25) is 0 Å². The summed E-state index contributed by atoms with van der Waals surface area (Å²) in [6.07, 6.45) is -2.83. The van der Waals surface area contributed by atoms with Gasteiger partial charge in [0.1, 0.15) is 12.3 Å². The molecule has 0 saturated heterocycles. The highest BCUT2D eigenvalue weighted by atomic mass is 19.4.